The second kappa shape index (κ2) is 5.03. The van der Waals surface area contributed by atoms with Gasteiger partial charge in [-0.2, -0.15) is 13.2 Å². The Hall–Kier alpha value is -1.79. The third-order valence-electron chi connectivity index (χ3n) is 2.05. The van der Waals surface area contributed by atoms with Crippen molar-refractivity contribution in [2.24, 2.45) is 0 Å². The summed E-state index contributed by atoms with van der Waals surface area (Å²) in [5, 5.41) is 0. The van der Waals surface area contributed by atoms with Crippen LogP contribution in [0.5, 0.6) is 0 Å². The average Bonchev–Trinajstić information content (AvgIpc) is 2.27. The van der Waals surface area contributed by atoms with Crippen LogP contribution in [-0.4, -0.2) is 31.7 Å². The molecule has 0 spiro atoms. The SMILES string of the molecule is COC(=O)CN(C)c1ncccc1C(F)(F)F. The fraction of sp³-hybridized carbons (Fsp3) is 0.400. The number of likely N-dealkylation sites (N-methyl/N-ethyl adjacent to an activating group) is 1. The number of esters is 1. The van der Waals surface area contributed by atoms with Gasteiger partial charge in [-0.15, -0.1) is 0 Å². The van der Waals surface area contributed by atoms with Crippen LogP contribution in [0.3, 0.4) is 0 Å². The molecule has 0 aliphatic rings. The second-order valence-corrected chi connectivity index (χ2v) is 3.30. The van der Waals surface area contributed by atoms with Crippen molar-refractivity contribution >= 4 is 11.8 Å². The van der Waals surface area contributed by atoms with E-state index in [-0.39, 0.29) is 12.4 Å². The van der Waals surface area contributed by atoms with E-state index < -0.39 is 17.7 Å². The van der Waals surface area contributed by atoms with Crippen LogP contribution in [0.15, 0.2) is 18.3 Å². The smallest absolute Gasteiger partial charge is 0.419 e. The van der Waals surface area contributed by atoms with E-state index in [1.54, 1.807) is 0 Å². The third kappa shape index (κ3) is 3.33. The number of methoxy groups -OCH3 is 1. The van der Waals surface area contributed by atoms with E-state index in [9.17, 15) is 18.0 Å². The number of anilines is 1. The molecule has 0 unspecified atom stereocenters. The Kier molecular flexibility index (Phi) is 3.93. The number of carbonyl (C=O) groups is 1. The molecular formula is C10H11F3N2O2. The van der Waals surface area contributed by atoms with Gasteiger partial charge in [-0.25, -0.2) is 4.98 Å². The summed E-state index contributed by atoms with van der Waals surface area (Å²) >= 11 is 0. The van der Waals surface area contributed by atoms with Gasteiger partial charge in [0, 0.05) is 13.2 Å². The normalized spacial score (nSPS) is 11.1. The number of aromatic nitrogens is 1. The molecule has 0 aliphatic carbocycles. The maximum atomic E-state index is 12.6. The number of nitrogens with zero attached hydrogens (tertiary/aromatic N) is 2. The Morgan fingerprint density at radius 1 is 1.53 bits per heavy atom. The molecule has 0 bridgehead atoms. The van der Waals surface area contributed by atoms with Crippen LogP contribution in [0.25, 0.3) is 0 Å². The van der Waals surface area contributed by atoms with Crippen LogP contribution >= 0.6 is 0 Å². The molecule has 17 heavy (non-hydrogen) atoms. The summed E-state index contributed by atoms with van der Waals surface area (Å²) in [7, 11) is 2.51. The van der Waals surface area contributed by atoms with Crippen LogP contribution in [0, 0.1) is 0 Å². The molecule has 0 aromatic carbocycles. The first-order valence-corrected chi connectivity index (χ1v) is 4.66. The molecule has 7 heteroatoms. The Labute approximate surface area is 96.0 Å². The van der Waals surface area contributed by atoms with Crippen molar-refractivity contribution in [3.05, 3.63) is 23.9 Å². The lowest BCUT2D eigenvalue weighted by Crippen LogP contribution is -2.29. The highest BCUT2D eigenvalue weighted by Crippen LogP contribution is 2.34. The van der Waals surface area contributed by atoms with Gasteiger partial charge in [0.2, 0.25) is 0 Å². The van der Waals surface area contributed by atoms with Crippen molar-refractivity contribution in [1.29, 1.82) is 0 Å². The minimum atomic E-state index is -4.51. The van der Waals surface area contributed by atoms with Gasteiger partial charge in [0.05, 0.1) is 12.7 Å². The molecular weight excluding hydrogens is 237 g/mol. The molecule has 0 amide bonds. The van der Waals surface area contributed by atoms with Crippen molar-refractivity contribution in [3.63, 3.8) is 0 Å². The Bertz CT molecular complexity index is 407. The van der Waals surface area contributed by atoms with Gasteiger partial charge >= 0.3 is 12.1 Å². The highest BCUT2D eigenvalue weighted by Gasteiger charge is 2.35. The van der Waals surface area contributed by atoms with E-state index in [0.717, 1.165) is 11.0 Å². The summed E-state index contributed by atoms with van der Waals surface area (Å²) in [6.45, 7) is -0.295. The number of ether oxygens (including phenoxy) is 1. The minimum absolute atomic E-state index is 0.295. The molecule has 0 aliphatic heterocycles. The monoisotopic (exact) mass is 248 g/mol. The molecule has 94 valence electrons. The summed E-state index contributed by atoms with van der Waals surface area (Å²) in [5.41, 5.74) is -0.883. The molecule has 0 atom stereocenters. The zero-order valence-electron chi connectivity index (χ0n) is 9.28. The summed E-state index contributed by atoms with van der Waals surface area (Å²) < 4.78 is 42.3. The van der Waals surface area contributed by atoms with Crippen molar-refractivity contribution in [2.75, 3.05) is 25.6 Å². The first kappa shape index (κ1) is 13.3. The van der Waals surface area contributed by atoms with E-state index in [0.29, 0.717) is 0 Å². The van der Waals surface area contributed by atoms with E-state index >= 15 is 0 Å². The number of pyridine rings is 1. The van der Waals surface area contributed by atoms with Gasteiger partial charge in [-0.3, -0.25) is 4.79 Å². The van der Waals surface area contributed by atoms with Crippen molar-refractivity contribution in [2.45, 2.75) is 6.18 Å². The zero-order valence-corrected chi connectivity index (χ0v) is 9.28. The van der Waals surface area contributed by atoms with E-state index in [4.69, 9.17) is 0 Å². The van der Waals surface area contributed by atoms with Crippen LogP contribution in [0.1, 0.15) is 5.56 Å². The summed E-state index contributed by atoms with van der Waals surface area (Å²) in [4.78, 5) is 15.7. The summed E-state index contributed by atoms with van der Waals surface area (Å²) in [5.74, 6) is -0.934. The molecule has 1 aromatic rings. The number of hydrogen-bond donors (Lipinski definition) is 0. The molecule has 0 saturated carbocycles. The molecule has 0 saturated heterocycles. The molecule has 0 fully saturated rings. The number of carbonyl (C=O) groups excluding carboxylic acids is 1. The van der Waals surface area contributed by atoms with E-state index in [1.165, 1.54) is 26.4 Å². The van der Waals surface area contributed by atoms with Gasteiger partial charge in [0.1, 0.15) is 12.4 Å². The van der Waals surface area contributed by atoms with Crippen molar-refractivity contribution in [1.82, 2.24) is 4.98 Å². The van der Waals surface area contributed by atoms with E-state index in [1.807, 2.05) is 0 Å². The van der Waals surface area contributed by atoms with Gasteiger partial charge in [0.15, 0.2) is 0 Å². The van der Waals surface area contributed by atoms with Gasteiger partial charge in [0.25, 0.3) is 0 Å². The van der Waals surface area contributed by atoms with Gasteiger partial charge < -0.3 is 9.64 Å². The minimum Gasteiger partial charge on any atom is -0.468 e. The lowest BCUT2D eigenvalue weighted by Gasteiger charge is -2.20. The lowest BCUT2D eigenvalue weighted by molar-refractivity contribution is -0.140. The van der Waals surface area contributed by atoms with Gasteiger partial charge in [-0.05, 0) is 12.1 Å². The van der Waals surface area contributed by atoms with Crippen LogP contribution in [0.2, 0.25) is 0 Å². The van der Waals surface area contributed by atoms with Crippen LogP contribution in [-0.2, 0) is 15.7 Å². The first-order chi connectivity index (χ1) is 7.86. The molecule has 4 nitrogen and oxygen atoms in total. The predicted octanol–water partition coefficient (Wildman–Crippen LogP) is 1.71. The summed E-state index contributed by atoms with van der Waals surface area (Å²) in [6.07, 6.45) is -3.27. The second-order valence-electron chi connectivity index (χ2n) is 3.30. The standard InChI is InChI=1S/C10H11F3N2O2/c1-15(6-8(16)17-2)9-7(10(11,12)13)4-3-5-14-9/h3-5H,6H2,1-2H3. The Morgan fingerprint density at radius 3 is 2.71 bits per heavy atom. The Morgan fingerprint density at radius 2 is 2.18 bits per heavy atom. The lowest BCUT2D eigenvalue weighted by atomic mass is 10.2. The molecule has 0 N–H and O–H groups in total. The topological polar surface area (TPSA) is 42.4 Å². The van der Waals surface area contributed by atoms with Gasteiger partial charge in [-0.1, -0.05) is 0 Å². The molecule has 1 heterocycles. The largest absolute Gasteiger partial charge is 0.468 e. The number of hydrogen-bond acceptors (Lipinski definition) is 4. The fourth-order valence-electron chi connectivity index (χ4n) is 1.26. The Balaban J connectivity index is 3.01. The zero-order chi connectivity index (χ0) is 13.1. The molecule has 1 aromatic heterocycles. The highest BCUT2D eigenvalue weighted by atomic mass is 19.4. The van der Waals surface area contributed by atoms with Crippen LogP contribution < -0.4 is 4.90 Å². The first-order valence-electron chi connectivity index (χ1n) is 4.66. The number of halogens is 3. The van der Waals surface area contributed by atoms with Crippen molar-refractivity contribution in [3.8, 4) is 0 Å². The molecule has 0 radical (unpaired) electrons. The average molecular weight is 248 g/mol. The summed E-state index contributed by atoms with van der Waals surface area (Å²) in [6, 6.07) is 2.11. The fourth-order valence-corrected chi connectivity index (χ4v) is 1.26. The molecule has 1 rings (SSSR count). The quantitative estimate of drug-likeness (QED) is 0.764. The van der Waals surface area contributed by atoms with Crippen molar-refractivity contribution < 1.29 is 22.7 Å². The predicted molar refractivity (Wildman–Crippen MR) is 54.5 cm³/mol. The maximum Gasteiger partial charge on any atom is 0.419 e. The van der Waals surface area contributed by atoms with E-state index in [2.05, 4.69) is 9.72 Å². The number of rotatable bonds is 3. The maximum absolute atomic E-state index is 12.6. The third-order valence-corrected chi connectivity index (χ3v) is 2.05. The number of alkyl halides is 3. The highest BCUT2D eigenvalue weighted by molar-refractivity contribution is 5.75. The van der Waals surface area contributed by atoms with Crippen LogP contribution in [0.4, 0.5) is 19.0 Å².